The number of nitrogens with two attached hydrogens (primary N) is 1. The maximum atomic E-state index is 11.8. The van der Waals surface area contributed by atoms with Gasteiger partial charge in [-0.15, -0.1) is 0 Å². The molecule has 1 amide bonds. The molecule has 1 aliphatic carbocycles. The van der Waals surface area contributed by atoms with E-state index >= 15 is 0 Å². The molecule has 1 atom stereocenters. The van der Waals surface area contributed by atoms with Crippen LogP contribution in [0, 0.1) is 5.92 Å². The minimum atomic E-state index is -3.70. The van der Waals surface area contributed by atoms with Gasteiger partial charge in [0.2, 0.25) is 10.0 Å². The van der Waals surface area contributed by atoms with Crippen LogP contribution in [0.3, 0.4) is 0 Å². The van der Waals surface area contributed by atoms with Gasteiger partial charge in [0, 0.05) is 6.54 Å². The second-order valence-electron chi connectivity index (χ2n) is 5.88. The number of esters is 1. The molecule has 0 heterocycles. The van der Waals surface area contributed by atoms with Crippen molar-refractivity contribution in [1.82, 2.24) is 5.32 Å². The summed E-state index contributed by atoms with van der Waals surface area (Å²) in [6, 6.07) is 6.13. The third-order valence-corrected chi connectivity index (χ3v) is 4.86. The number of primary sulfonamides is 1. The number of ether oxygens (including phenoxy) is 1. The number of allylic oxidation sites excluding steroid dienone is 2. The summed E-state index contributed by atoms with van der Waals surface area (Å²) in [5.41, 5.74) is 0.860. The van der Waals surface area contributed by atoms with E-state index in [-0.39, 0.29) is 29.3 Å². The number of hydrogen-bond donors (Lipinski definition) is 2. The summed E-state index contributed by atoms with van der Waals surface area (Å²) >= 11 is 0. The number of carbonyl (C=O) groups excluding carboxylic acids is 2. The van der Waals surface area contributed by atoms with Gasteiger partial charge in [0.15, 0.2) is 6.61 Å². The predicted octanol–water partition coefficient (Wildman–Crippen LogP) is 0.892. The van der Waals surface area contributed by atoms with Gasteiger partial charge < -0.3 is 10.1 Å². The topological polar surface area (TPSA) is 116 Å². The van der Waals surface area contributed by atoms with Gasteiger partial charge in [0.05, 0.1) is 10.8 Å². The molecule has 0 saturated carbocycles. The largest absolute Gasteiger partial charge is 0.455 e. The van der Waals surface area contributed by atoms with Gasteiger partial charge in [-0.1, -0.05) is 24.3 Å². The second kappa shape index (κ2) is 8.77. The molecule has 0 spiro atoms. The third kappa shape index (κ3) is 6.32. The van der Waals surface area contributed by atoms with Gasteiger partial charge in [-0.25, -0.2) is 13.6 Å². The van der Waals surface area contributed by atoms with E-state index in [1.807, 2.05) is 12.2 Å². The van der Waals surface area contributed by atoms with Crippen molar-refractivity contribution in [2.24, 2.45) is 11.1 Å². The number of benzene rings is 1. The lowest BCUT2D eigenvalue weighted by molar-refractivity contribution is -0.152. The first-order valence-corrected chi connectivity index (χ1v) is 9.61. The van der Waals surface area contributed by atoms with Crippen LogP contribution >= 0.6 is 0 Å². The summed E-state index contributed by atoms with van der Waals surface area (Å²) in [6.07, 6.45) is 6.79. The molecular formula is C17H22N2O5S. The molecule has 1 aromatic rings. The number of rotatable bonds is 7. The Morgan fingerprint density at radius 1 is 1.20 bits per heavy atom. The standard InChI is InChI=1S/C17H22N2O5S/c18-25(22,23)15-8-6-13(7-9-15)10-11-19-16(20)12-24-17(21)14-4-2-1-3-5-14/h1-2,6-9,14H,3-5,10-12H2,(H,19,20)(H2,18,22,23)/t14-/m0/s1. The fourth-order valence-corrected chi connectivity index (χ4v) is 3.02. The lowest BCUT2D eigenvalue weighted by Gasteiger charge is -2.16. The average Bonchev–Trinajstić information content (AvgIpc) is 2.60. The Hall–Kier alpha value is -2.19. The molecule has 0 bridgehead atoms. The summed E-state index contributed by atoms with van der Waals surface area (Å²) in [7, 11) is -3.70. The molecule has 3 N–H and O–H groups in total. The lowest BCUT2D eigenvalue weighted by Crippen LogP contribution is -2.31. The van der Waals surface area contributed by atoms with Crippen LogP contribution in [0.25, 0.3) is 0 Å². The van der Waals surface area contributed by atoms with E-state index < -0.39 is 10.0 Å². The zero-order valence-electron chi connectivity index (χ0n) is 13.8. The van der Waals surface area contributed by atoms with Gasteiger partial charge >= 0.3 is 5.97 Å². The molecule has 0 fully saturated rings. The Morgan fingerprint density at radius 2 is 1.92 bits per heavy atom. The van der Waals surface area contributed by atoms with Crippen molar-refractivity contribution in [1.29, 1.82) is 0 Å². The highest BCUT2D eigenvalue weighted by Gasteiger charge is 2.20. The molecule has 0 radical (unpaired) electrons. The molecule has 2 rings (SSSR count). The second-order valence-corrected chi connectivity index (χ2v) is 7.44. The van der Waals surface area contributed by atoms with Gasteiger partial charge in [-0.05, 0) is 43.4 Å². The molecule has 0 saturated heterocycles. The highest BCUT2D eigenvalue weighted by atomic mass is 32.2. The van der Waals surface area contributed by atoms with Crippen LogP contribution in [0.1, 0.15) is 24.8 Å². The minimum absolute atomic E-state index is 0.0461. The molecule has 0 aliphatic heterocycles. The smallest absolute Gasteiger partial charge is 0.309 e. The van der Waals surface area contributed by atoms with Crippen molar-refractivity contribution in [3.05, 3.63) is 42.0 Å². The van der Waals surface area contributed by atoms with Gasteiger partial charge in [-0.2, -0.15) is 0 Å². The molecule has 1 aromatic carbocycles. The van der Waals surface area contributed by atoms with Crippen LogP contribution in [0.5, 0.6) is 0 Å². The van der Waals surface area contributed by atoms with Crippen LogP contribution in [0.2, 0.25) is 0 Å². The fourth-order valence-electron chi connectivity index (χ4n) is 2.51. The molecule has 7 nitrogen and oxygen atoms in total. The van der Waals surface area contributed by atoms with Gasteiger partial charge in [0.25, 0.3) is 5.91 Å². The number of amides is 1. The summed E-state index contributed by atoms with van der Waals surface area (Å²) in [5.74, 6) is -0.853. The maximum absolute atomic E-state index is 11.8. The normalized spacial score (nSPS) is 17.1. The van der Waals surface area contributed by atoms with Crippen molar-refractivity contribution in [2.45, 2.75) is 30.6 Å². The molecular weight excluding hydrogens is 344 g/mol. The Morgan fingerprint density at radius 3 is 2.52 bits per heavy atom. The van der Waals surface area contributed by atoms with E-state index in [1.165, 1.54) is 12.1 Å². The highest BCUT2D eigenvalue weighted by Crippen LogP contribution is 2.19. The van der Waals surface area contributed by atoms with Crippen molar-refractivity contribution in [2.75, 3.05) is 13.2 Å². The summed E-state index contributed by atoms with van der Waals surface area (Å²) in [6.45, 7) is 0.0701. The third-order valence-electron chi connectivity index (χ3n) is 3.94. The molecule has 1 aliphatic rings. The number of hydrogen-bond acceptors (Lipinski definition) is 5. The Kier molecular flexibility index (Phi) is 6.72. The van der Waals surface area contributed by atoms with Crippen LogP contribution < -0.4 is 10.5 Å². The fraction of sp³-hybridized carbons (Fsp3) is 0.412. The highest BCUT2D eigenvalue weighted by molar-refractivity contribution is 7.89. The van der Waals surface area contributed by atoms with E-state index in [1.54, 1.807) is 12.1 Å². The lowest BCUT2D eigenvalue weighted by atomic mass is 9.95. The summed E-state index contributed by atoms with van der Waals surface area (Å²) in [5, 5.41) is 7.69. The van der Waals surface area contributed by atoms with Crippen LogP contribution in [0.4, 0.5) is 0 Å². The minimum Gasteiger partial charge on any atom is -0.455 e. The van der Waals surface area contributed by atoms with E-state index in [2.05, 4.69) is 5.32 Å². The zero-order valence-corrected chi connectivity index (χ0v) is 14.6. The Bertz CT molecular complexity index is 741. The number of carbonyl (C=O) groups is 2. The monoisotopic (exact) mass is 366 g/mol. The zero-order chi connectivity index (χ0) is 18.3. The van der Waals surface area contributed by atoms with Crippen LogP contribution in [0.15, 0.2) is 41.3 Å². The molecule has 25 heavy (non-hydrogen) atoms. The van der Waals surface area contributed by atoms with Crippen LogP contribution in [-0.2, 0) is 30.8 Å². The van der Waals surface area contributed by atoms with Crippen molar-refractivity contribution >= 4 is 21.9 Å². The predicted molar refractivity (Wildman–Crippen MR) is 92.0 cm³/mol. The Balaban J connectivity index is 1.68. The summed E-state index contributed by atoms with van der Waals surface area (Å²) < 4.78 is 27.4. The first kappa shape index (κ1) is 19.1. The van der Waals surface area contributed by atoms with Gasteiger partial charge in [-0.3, -0.25) is 9.59 Å². The van der Waals surface area contributed by atoms with Gasteiger partial charge in [0.1, 0.15) is 0 Å². The van der Waals surface area contributed by atoms with E-state index in [4.69, 9.17) is 9.88 Å². The van der Waals surface area contributed by atoms with Crippen molar-refractivity contribution in [3.63, 3.8) is 0 Å². The molecule has 0 unspecified atom stereocenters. The van der Waals surface area contributed by atoms with Crippen molar-refractivity contribution in [3.8, 4) is 0 Å². The first-order chi connectivity index (χ1) is 11.9. The van der Waals surface area contributed by atoms with Crippen molar-refractivity contribution < 1.29 is 22.7 Å². The molecule has 136 valence electrons. The van der Waals surface area contributed by atoms with Crippen LogP contribution in [-0.4, -0.2) is 33.4 Å². The maximum Gasteiger partial charge on any atom is 0.309 e. The first-order valence-electron chi connectivity index (χ1n) is 8.06. The van der Waals surface area contributed by atoms with E-state index in [9.17, 15) is 18.0 Å². The SMILES string of the molecule is NS(=O)(=O)c1ccc(CCNC(=O)COC(=O)[C@H]2CC=CCC2)cc1. The Labute approximate surface area is 147 Å². The van der Waals surface area contributed by atoms with E-state index in [0.717, 1.165) is 18.4 Å². The molecule has 8 heteroatoms. The molecule has 0 aromatic heterocycles. The van der Waals surface area contributed by atoms with E-state index in [0.29, 0.717) is 19.4 Å². The number of sulfonamides is 1. The average molecular weight is 366 g/mol. The summed E-state index contributed by atoms with van der Waals surface area (Å²) in [4.78, 5) is 23.6. The number of nitrogens with one attached hydrogen (secondary N) is 1. The quantitative estimate of drug-likeness (QED) is 0.549.